The summed E-state index contributed by atoms with van der Waals surface area (Å²) in [6.07, 6.45) is 7.15. The summed E-state index contributed by atoms with van der Waals surface area (Å²) in [6.45, 7) is 3.04. The number of imidazole rings is 1. The molecule has 0 unspecified atom stereocenters. The molecule has 0 aliphatic carbocycles. The maximum absolute atomic E-state index is 8.92. The summed E-state index contributed by atoms with van der Waals surface area (Å²) < 4.78 is 3.42. The van der Waals surface area contributed by atoms with Crippen molar-refractivity contribution in [2.24, 2.45) is 0 Å². The summed E-state index contributed by atoms with van der Waals surface area (Å²) in [5.41, 5.74) is 2.03. The van der Waals surface area contributed by atoms with Gasteiger partial charge >= 0.3 is 0 Å². The molecule has 19 heavy (non-hydrogen) atoms. The monoisotopic (exact) mass is 365 g/mol. The number of nitriles is 1. The highest BCUT2D eigenvalue weighted by molar-refractivity contribution is 14.1. The molecule has 1 aromatic carbocycles. The molecule has 3 nitrogen and oxygen atoms in total. The van der Waals surface area contributed by atoms with Crippen molar-refractivity contribution in [3.05, 3.63) is 51.1 Å². The zero-order valence-corrected chi connectivity index (χ0v) is 13.1. The molecular weight excluding hydrogens is 349 g/mol. The summed E-state index contributed by atoms with van der Waals surface area (Å²) in [7, 11) is 0. The van der Waals surface area contributed by atoms with Gasteiger partial charge < -0.3 is 4.57 Å². The Morgan fingerprint density at radius 1 is 1.37 bits per heavy atom. The predicted molar refractivity (Wildman–Crippen MR) is 83.8 cm³/mol. The number of halogens is 1. The van der Waals surface area contributed by atoms with Crippen molar-refractivity contribution in [3.8, 4) is 6.07 Å². The molecule has 0 amide bonds. The topological polar surface area (TPSA) is 41.6 Å². The van der Waals surface area contributed by atoms with E-state index >= 15 is 0 Å². The van der Waals surface area contributed by atoms with Crippen LogP contribution < -0.4 is 0 Å². The van der Waals surface area contributed by atoms with Crippen LogP contribution >= 0.6 is 22.6 Å². The number of aryl methyl sites for hydroxylation is 3. The number of unbranched alkanes of at least 4 members (excludes halogenated alkanes) is 1. The summed E-state index contributed by atoms with van der Waals surface area (Å²) in [4.78, 5) is 4.22. The molecule has 0 spiro atoms. The minimum Gasteiger partial charge on any atom is -0.335 e. The van der Waals surface area contributed by atoms with Crippen LogP contribution in [0.5, 0.6) is 0 Å². The number of nitrogens with zero attached hydrogens (tertiary/aromatic N) is 3. The van der Waals surface area contributed by atoms with Crippen LogP contribution in [-0.4, -0.2) is 9.55 Å². The lowest BCUT2D eigenvalue weighted by Crippen LogP contribution is -2.00. The van der Waals surface area contributed by atoms with Gasteiger partial charge in [0.2, 0.25) is 0 Å². The number of rotatable bonds is 5. The zero-order valence-electron chi connectivity index (χ0n) is 10.9. The average molecular weight is 365 g/mol. The van der Waals surface area contributed by atoms with Gasteiger partial charge in [-0.25, -0.2) is 4.98 Å². The van der Waals surface area contributed by atoms with Gasteiger partial charge in [0.25, 0.3) is 0 Å². The molecule has 0 aliphatic heterocycles. The third kappa shape index (κ3) is 3.80. The molecule has 2 aromatic rings. The SMILES string of the molecule is Cc1nccn1CCCCc1cc(C#N)ccc1I. The lowest BCUT2D eigenvalue weighted by atomic mass is 10.1. The zero-order chi connectivity index (χ0) is 13.7. The summed E-state index contributed by atoms with van der Waals surface area (Å²) in [5, 5.41) is 8.92. The second-order valence-electron chi connectivity index (χ2n) is 4.54. The van der Waals surface area contributed by atoms with Crippen LogP contribution in [-0.2, 0) is 13.0 Å². The number of aromatic nitrogens is 2. The summed E-state index contributed by atoms with van der Waals surface area (Å²) in [5.74, 6) is 1.07. The van der Waals surface area contributed by atoms with E-state index in [2.05, 4.69) is 38.2 Å². The van der Waals surface area contributed by atoms with Gasteiger partial charge in [0, 0.05) is 22.5 Å². The van der Waals surface area contributed by atoms with E-state index in [4.69, 9.17) is 5.26 Å². The van der Waals surface area contributed by atoms with Gasteiger partial charge in [-0.1, -0.05) is 0 Å². The fourth-order valence-corrected chi connectivity index (χ4v) is 2.68. The Labute approximate surface area is 127 Å². The van der Waals surface area contributed by atoms with Gasteiger partial charge in [0.1, 0.15) is 5.82 Å². The van der Waals surface area contributed by atoms with Crippen molar-refractivity contribution in [1.82, 2.24) is 9.55 Å². The molecule has 0 aliphatic rings. The molecule has 0 fully saturated rings. The Kier molecular flexibility index (Phi) is 4.97. The fourth-order valence-electron chi connectivity index (χ4n) is 2.07. The Balaban J connectivity index is 1.86. The first kappa shape index (κ1) is 14.1. The highest BCUT2D eigenvalue weighted by Gasteiger charge is 2.02. The Morgan fingerprint density at radius 2 is 2.21 bits per heavy atom. The van der Waals surface area contributed by atoms with Crippen LogP contribution in [0.4, 0.5) is 0 Å². The van der Waals surface area contributed by atoms with Crippen LogP contribution in [0.3, 0.4) is 0 Å². The quantitative estimate of drug-likeness (QED) is 0.599. The molecular formula is C15H16IN3. The maximum Gasteiger partial charge on any atom is 0.105 e. The van der Waals surface area contributed by atoms with Crippen molar-refractivity contribution in [3.63, 3.8) is 0 Å². The van der Waals surface area contributed by atoms with E-state index in [9.17, 15) is 0 Å². The molecule has 0 saturated carbocycles. The molecule has 0 saturated heterocycles. The summed E-state index contributed by atoms with van der Waals surface area (Å²) in [6, 6.07) is 8.10. The Hall–Kier alpha value is -1.35. The average Bonchev–Trinajstić information content (AvgIpc) is 2.82. The van der Waals surface area contributed by atoms with Crippen LogP contribution in [0, 0.1) is 21.8 Å². The largest absolute Gasteiger partial charge is 0.335 e. The second-order valence-corrected chi connectivity index (χ2v) is 5.71. The van der Waals surface area contributed by atoms with E-state index < -0.39 is 0 Å². The third-order valence-electron chi connectivity index (χ3n) is 3.19. The van der Waals surface area contributed by atoms with Crippen molar-refractivity contribution in [2.75, 3.05) is 0 Å². The molecule has 2 rings (SSSR count). The molecule has 1 aromatic heterocycles. The molecule has 4 heteroatoms. The molecule has 1 heterocycles. The third-order valence-corrected chi connectivity index (χ3v) is 4.25. The van der Waals surface area contributed by atoms with Crippen LogP contribution in [0.1, 0.15) is 29.8 Å². The minimum absolute atomic E-state index is 0.751. The molecule has 0 N–H and O–H groups in total. The number of hydrogen-bond donors (Lipinski definition) is 0. The van der Waals surface area contributed by atoms with Gasteiger partial charge in [-0.15, -0.1) is 0 Å². The fraction of sp³-hybridized carbons (Fsp3) is 0.333. The first-order chi connectivity index (χ1) is 9.20. The van der Waals surface area contributed by atoms with E-state index in [-0.39, 0.29) is 0 Å². The van der Waals surface area contributed by atoms with Gasteiger partial charge in [-0.3, -0.25) is 0 Å². The van der Waals surface area contributed by atoms with Crippen LogP contribution in [0.2, 0.25) is 0 Å². The summed E-state index contributed by atoms with van der Waals surface area (Å²) >= 11 is 2.34. The van der Waals surface area contributed by atoms with E-state index in [1.54, 1.807) is 0 Å². The number of hydrogen-bond acceptors (Lipinski definition) is 2. The lowest BCUT2D eigenvalue weighted by molar-refractivity contribution is 0.596. The van der Waals surface area contributed by atoms with E-state index in [1.807, 2.05) is 37.5 Å². The lowest BCUT2D eigenvalue weighted by Gasteiger charge is -2.07. The van der Waals surface area contributed by atoms with Gasteiger partial charge in [-0.05, 0) is 72.5 Å². The smallest absolute Gasteiger partial charge is 0.105 e. The standard InChI is InChI=1S/C15H16IN3/c1-12-18-7-9-19(12)8-3-2-4-14-10-13(11-17)5-6-15(14)16/h5-7,9-10H,2-4,8H2,1H3. The predicted octanol–water partition coefficient (Wildman–Crippen LogP) is 3.69. The molecule has 0 radical (unpaired) electrons. The molecule has 0 bridgehead atoms. The van der Waals surface area contributed by atoms with E-state index in [0.29, 0.717) is 0 Å². The molecule has 98 valence electrons. The first-order valence-corrected chi connectivity index (χ1v) is 7.45. The van der Waals surface area contributed by atoms with Crippen molar-refractivity contribution >= 4 is 22.6 Å². The van der Waals surface area contributed by atoms with Crippen molar-refractivity contribution in [1.29, 1.82) is 5.26 Å². The normalized spacial score (nSPS) is 10.4. The number of benzene rings is 1. The second kappa shape index (κ2) is 6.71. The van der Waals surface area contributed by atoms with E-state index in [0.717, 1.165) is 37.2 Å². The molecule has 0 atom stereocenters. The highest BCUT2D eigenvalue weighted by Crippen LogP contribution is 2.17. The van der Waals surface area contributed by atoms with Gasteiger partial charge in [0.05, 0.1) is 11.6 Å². The van der Waals surface area contributed by atoms with E-state index in [1.165, 1.54) is 9.13 Å². The minimum atomic E-state index is 0.751. The van der Waals surface area contributed by atoms with Gasteiger partial charge in [0.15, 0.2) is 0 Å². The van der Waals surface area contributed by atoms with Crippen LogP contribution in [0.25, 0.3) is 0 Å². The van der Waals surface area contributed by atoms with Crippen molar-refractivity contribution < 1.29 is 0 Å². The Morgan fingerprint density at radius 3 is 2.89 bits per heavy atom. The maximum atomic E-state index is 8.92. The van der Waals surface area contributed by atoms with Gasteiger partial charge in [-0.2, -0.15) is 5.26 Å². The Bertz CT molecular complexity index is 596. The first-order valence-electron chi connectivity index (χ1n) is 6.37. The van der Waals surface area contributed by atoms with Crippen LogP contribution in [0.15, 0.2) is 30.6 Å². The highest BCUT2D eigenvalue weighted by atomic mass is 127. The van der Waals surface area contributed by atoms with Crippen molar-refractivity contribution in [2.45, 2.75) is 32.7 Å².